The molecule has 0 spiro atoms. The molecule has 1 heterocycles. The van der Waals surface area contributed by atoms with E-state index in [4.69, 9.17) is 9.84 Å². The van der Waals surface area contributed by atoms with Crippen LogP contribution in [-0.2, 0) is 6.61 Å². The summed E-state index contributed by atoms with van der Waals surface area (Å²) in [7, 11) is 0. The number of ether oxygens (including phenoxy) is 1. The molecule has 0 aliphatic rings. The van der Waals surface area contributed by atoms with Crippen molar-refractivity contribution in [3.8, 4) is 17.6 Å². The Balaban J connectivity index is 2.07. The molecule has 0 unspecified atom stereocenters. The van der Waals surface area contributed by atoms with E-state index in [2.05, 4.69) is 21.8 Å². The van der Waals surface area contributed by atoms with Crippen LogP contribution in [0, 0.1) is 17.7 Å². The minimum Gasteiger partial charge on any atom is -0.482 e. The van der Waals surface area contributed by atoms with Gasteiger partial charge in [-0.3, -0.25) is 0 Å². The van der Waals surface area contributed by atoms with Crippen LogP contribution in [0.25, 0.3) is 0 Å². The van der Waals surface area contributed by atoms with Crippen molar-refractivity contribution in [2.45, 2.75) is 13.0 Å². The molecular weight excluding hydrogens is 259 g/mol. The van der Waals surface area contributed by atoms with E-state index in [1.165, 1.54) is 12.1 Å². The molecule has 0 atom stereocenters. The molecule has 0 aliphatic carbocycles. The Kier molecular flexibility index (Phi) is 5.04. The zero-order chi connectivity index (χ0) is 14.2. The zero-order valence-electron chi connectivity index (χ0n) is 10.7. The molecule has 0 bridgehead atoms. The van der Waals surface area contributed by atoms with E-state index in [0.717, 1.165) is 0 Å². The third-order valence-electron chi connectivity index (χ3n) is 2.38. The Morgan fingerprint density at radius 1 is 1.25 bits per heavy atom. The predicted octanol–water partition coefficient (Wildman–Crippen LogP) is 1.93. The van der Waals surface area contributed by atoms with Crippen LogP contribution in [0.15, 0.2) is 36.7 Å². The van der Waals surface area contributed by atoms with E-state index >= 15 is 0 Å². The van der Waals surface area contributed by atoms with Crippen LogP contribution in [0.3, 0.4) is 0 Å². The zero-order valence-corrected chi connectivity index (χ0v) is 10.7. The molecule has 102 valence electrons. The maximum absolute atomic E-state index is 13.6. The topological polar surface area (TPSA) is 55.2 Å². The van der Waals surface area contributed by atoms with Crippen LogP contribution in [0.4, 0.5) is 4.39 Å². The number of aromatic nitrogens is 2. The standard InChI is InChI=1S/C15H13FN2O2/c16-13-6-5-12(4-1-2-9-19)10-14(13)20-11-15-17-7-3-8-18-15/h3,5-8,10,19H,2,9,11H2. The van der Waals surface area contributed by atoms with Gasteiger partial charge in [-0.2, -0.15) is 0 Å². The van der Waals surface area contributed by atoms with Crippen molar-refractivity contribution in [2.24, 2.45) is 0 Å². The van der Waals surface area contributed by atoms with Gasteiger partial charge in [-0.05, 0) is 24.3 Å². The molecule has 0 saturated heterocycles. The molecule has 1 aromatic carbocycles. The molecular formula is C15H13FN2O2. The highest BCUT2D eigenvalue weighted by atomic mass is 19.1. The molecule has 0 radical (unpaired) electrons. The van der Waals surface area contributed by atoms with Crippen molar-refractivity contribution in [3.05, 3.63) is 53.9 Å². The highest BCUT2D eigenvalue weighted by molar-refractivity contribution is 5.40. The summed E-state index contributed by atoms with van der Waals surface area (Å²) in [6, 6.07) is 6.07. The van der Waals surface area contributed by atoms with E-state index in [9.17, 15) is 4.39 Å². The SMILES string of the molecule is OCCC#Cc1ccc(F)c(OCc2ncccn2)c1. The molecule has 1 N–H and O–H groups in total. The van der Waals surface area contributed by atoms with Gasteiger partial charge in [0.1, 0.15) is 6.61 Å². The minimum absolute atomic E-state index is 0.00287. The predicted molar refractivity (Wildman–Crippen MR) is 71.3 cm³/mol. The fraction of sp³-hybridized carbons (Fsp3) is 0.200. The lowest BCUT2D eigenvalue weighted by Crippen LogP contribution is -2.01. The van der Waals surface area contributed by atoms with Crippen LogP contribution in [0.1, 0.15) is 17.8 Å². The Morgan fingerprint density at radius 3 is 2.80 bits per heavy atom. The van der Waals surface area contributed by atoms with Gasteiger partial charge in [-0.25, -0.2) is 14.4 Å². The maximum atomic E-state index is 13.6. The van der Waals surface area contributed by atoms with Gasteiger partial charge in [0, 0.05) is 24.4 Å². The van der Waals surface area contributed by atoms with E-state index in [0.29, 0.717) is 17.8 Å². The van der Waals surface area contributed by atoms with Gasteiger partial charge in [0.05, 0.1) is 6.61 Å². The molecule has 2 aromatic rings. The number of hydrogen-bond donors (Lipinski definition) is 1. The second kappa shape index (κ2) is 7.22. The Labute approximate surface area is 116 Å². The maximum Gasteiger partial charge on any atom is 0.166 e. The molecule has 2 rings (SSSR count). The first kappa shape index (κ1) is 14.0. The van der Waals surface area contributed by atoms with Crippen molar-refractivity contribution in [1.82, 2.24) is 9.97 Å². The normalized spacial score (nSPS) is 9.70. The van der Waals surface area contributed by atoms with Crippen molar-refractivity contribution >= 4 is 0 Å². The van der Waals surface area contributed by atoms with E-state index in [1.54, 1.807) is 24.5 Å². The van der Waals surface area contributed by atoms with Gasteiger partial charge < -0.3 is 9.84 Å². The van der Waals surface area contributed by atoms with Gasteiger partial charge in [0.15, 0.2) is 17.4 Å². The number of hydrogen-bond acceptors (Lipinski definition) is 4. The summed E-state index contributed by atoms with van der Waals surface area (Å²) in [6.07, 6.45) is 3.57. The monoisotopic (exact) mass is 272 g/mol. The van der Waals surface area contributed by atoms with Gasteiger partial charge >= 0.3 is 0 Å². The first-order valence-corrected chi connectivity index (χ1v) is 6.07. The largest absolute Gasteiger partial charge is 0.482 e. The van der Waals surface area contributed by atoms with Crippen LogP contribution < -0.4 is 4.74 Å². The fourth-order valence-corrected chi connectivity index (χ4v) is 1.46. The quantitative estimate of drug-likeness (QED) is 0.864. The molecule has 5 heteroatoms. The number of benzene rings is 1. The Morgan fingerprint density at radius 2 is 2.05 bits per heavy atom. The molecule has 0 saturated carbocycles. The average molecular weight is 272 g/mol. The Hall–Kier alpha value is -2.45. The first-order valence-electron chi connectivity index (χ1n) is 6.07. The lowest BCUT2D eigenvalue weighted by molar-refractivity contribution is 0.281. The van der Waals surface area contributed by atoms with Crippen molar-refractivity contribution in [2.75, 3.05) is 6.61 Å². The summed E-state index contributed by atoms with van der Waals surface area (Å²) in [5.74, 6) is 5.71. The highest BCUT2D eigenvalue weighted by Crippen LogP contribution is 2.19. The third-order valence-corrected chi connectivity index (χ3v) is 2.38. The lowest BCUT2D eigenvalue weighted by Gasteiger charge is -2.06. The average Bonchev–Trinajstić information content (AvgIpc) is 2.49. The second-order valence-electron chi connectivity index (χ2n) is 3.87. The third kappa shape index (κ3) is 4.04. The van der Waals surface area contributed by atoms with Gasteiger partial charge in [0.2, 0.25) is 0 Å². The molecule has 0 fully saturated rings. The summed E-state index contributed by atoms with van der Waals surface area (Å²) in [5.41, 5.74) is 0.629. The summed E-state index contributed by atoms with van der Waals surface area (Å²) < 4.78 is 19.0. The van der Waals surface area contributed by atoms with Gasteiger partial charge in [-0.1, -0.05) is 11.8 Å². The van der Waals surface area contributed by atoms with Crippen molar-refractivity contribution in [1.29, 1.82) is 0 Å². The second-order valence-corrected chi connectivity index (χ2v) is 3.87. The number of nitrogens with zero attached hydrogens (tertiary/aromatic N) is 2. The Bertz CT molecular complexity index is 621. The highest BCUT2D eigenvalue weighted by Gasteiger charge is 2.05. The van der Waals surface area contributed by atoms with E-state index < -0.39 is 5.82 Å². The number of aliphatic hydroxyl groups is 1. The summed E-state index contributed by atoms with van der Waals surface area (Å²) in [5, 5.41) is 8.65. The first-order chi connectivity index (χ1) is 9.79. The number of rotatable bonds is 4. The van der Waals surface area contributed by atoms with Gasteiger partial charge in [-0.15, -0.1) is 0 Å². The summed E-state index contributed by atoms with van der Waals surface area (Å²) in [4.78, 5) is 7.98. The van der Waals surface area contributed by atoms with Crippen LogP contribution >= 0.6 is 0 Å². The van der Waals surface area contributed by atoms with E-state index in [1.807, 2.05) is 0 Å². The van der Waals surface area contributed by atoms with Crippen LogP contribution in [0.2, 0.25) is 0 Å². The van der Waals surface area contributed by atoms with Crippen LogP contribution in [0.5, 0.6) is 5.75 Å². The summed E-state index contributed by atoms with van der Waals surface area (Å²) >= 11 is 0. The minimum atomic E-state index is -0.464. The molecule has 0 aliphatic heterocycles. The van der Waals surface area contributed by atoms with Crippen LogP contribution in [-0.4, -0.2) is 21.7 Å². The molecule has 0 amide bonds. The summed E-state index contributed by atoms with van der Waals surface area (Å²) in [6.45, 7) is 0.0914. The lowest BCUT2D eigenvalue weighted by atomic mass is 10.2. The van der Waals surface area contributed by atoms with Crippen molar-refractivity contribution < 1.29 is 14.2 Å². The smallest absolute Gasteiger partial charge is 0.166 e. The molecule has 1 aromatic heterocycles. The van der Waals surface area contributed by atoms with Crippen molar-refractivity contribution in [3.63, 3.8) is 0 Å². The molecule has 4 nitrogen and oxygen atoms in total. The number of halogens is 1. The van der Waals surface area contributed by atoms with E-state index in [-0.39, 0.29) is 19.0 Å². The molecule has 20 heavy (non-hydrogen) atoms. The number of aliphatic hydroxyl groups excluding tert-OH is 1. The fourth-order valence-electron chi connectivity index (χ4n) is 1.46. The van der Waals surface area contributed by atoms with Gasteiger partial charge in [0.25, 0.3) is 0 Å².